The van der Waals surface area contributed by atoms with Crippen LogP contribution < -0.4 is 0 Å². The van der Waals surface area contributed by atoms with E-state index in [1.54, 1.807) is 0 Å². The number of amides is 1. The van der Waals surface area contributed by atoms with Crippen LogP contribution in [0.5, 0.6) is 0 Å². The largest absolute Gasteiger partial charge is 0.337 e. The van der Waals surface area contributed by atoms with E-state index >= 15 is 0 Å². The number of carbonyl (C=O) groups is 1. The molecule has 1 aliphatic carbocycles. The van der Waals surface area contributed by atoms with Gasteiger partial charge < -0.3 is 4.90 Å². The molecular formula is C11H19NO. The van der Waals surface area contributed by atoms with Gasteiger partial charge in [0.05, 0.1) is 0 Å². The van der Waals surface area contributed by atoms with E-state index in [2.05, 4.69) is 25.7 Å². The number of likely N-dealkylation sites (tertiary alicyclic amines) is 1. The lowest BCUT2D eigenvalue weighted by Gasteiger charge is -2.31. The molecule has 1 amide bonds. The van der Waals surface area contributed by atoms with Crippen LogP contribution in [0.1, 0.15) is 40.0 Å². The van der Waals surface area contributed by atoms with Crippen LogP contribution in [0.25, 0.3) is 0 Å². The maximum absolute atomic E-state index is 12.0. The van der Waals surface area contributed by atoms with Crippen molar-refractivity contribution in [3.63, 3.8) is 0 Å². The van der Waals surface area contributed by atoms with Gasteiger partial charge in [-0.15, -0.1) is 0 Å². The fraction of sp³-hybridized carbons (Fsp3) is 0.909. The molecule has 0 bridgehead atoms. The number of hydrogen-bond acceptors (Lipinski definition) is 1. The smallest absolute Gasteiger partial charge is 0.226 e. The molecular weight excluding hydrogens is 162 g/mol. The lowest BCUT2D eigenvalue weighted by molar-refractivity contribution is -0.136. The van der Waals surface area contributed by atoms with Crippen LogP contribution >= 0.6 is 0 Å². The zero-order chi connectivity index (χ0) is 9.64. The van der Waals surface area contributed by atoms with Crippen LogP contribution in [0.2, 0.25) is 0 Å². The van der Waals surface area contributed by atoms with Crippen molar-refractivity contribution >= 4 is 5.91 Å². The SMILES string of the molecule is C[C@@H]1C[C@H]1C(=O)N1CCCC1(C)C. The highest BCUT2D eigenvalue weighted by atomic mass is 16.2. The van der Waals surface area contributed by atoms with Crippen LogP contribution in [-0.4, -0.2) is 22.9 Å². The van der Waals surface area contributed by atoms with E-state index in [4.69, 9.17) is 0 Å². The first kappa shape index (κ1) is 9.04. The molecule has 0 aromatic carbocycles. The van der Waals surface area contributed by atoms with E-state index in [9.17, 15) is 4.79 Å². The number of rotatable bonds is 1. The van der Waals surface area contributed by atoms with Gasteiger partial charge in [0.15, 0.2) is 0 Å². The minimum absolute atomic E-state index is 0.124. The van der Waals surface area contributed by atoms with Crippen molar-refractivity contribution in [3.05, 3.63) is 0 Å². The van der Waals surface area contributed by atoms with Crippen molar-refractivity contribution in [2.75, 3.05) is 6.54 Å². The molecule has 0 aromatic heterocycles. The Morgan fingerprint density at radius 3 is 2.46 bits per heavy atom. The molecule has 2 heteroatoms. The van der Waals surface area contributed by atoms with E-state index in [0.29, 0.717) is 17.7 Å². The number of carbonyl (C=O) groups excluding carboxylic acids is 1. The first-order chi connectivity index (χ1) is 6.02. The third-order valence-electron chi connectivity index (χ3n) is 3.59. The van der Waals surface area contributed by atoms with E-state index in [1.165, 1.54) is 12.8 Å². The third kappa shape index (κ3) is 1.47. The molecule has 1 saturated heterocycles. The van der Waals surface area contributed by atoms with Gasteiger partial charge in [0.25, 0.3) is 0 Å². The fourth-order valence-corrected chi connectivity index (χ4v) is 2.38. The van der Waals surface area contributed by atoms with Gasteiger partial charge in [-0.05, 0) is 39.0 Å². The average Bonchev–Trinajstić information content (AvgIpc) is 2.64. The Hall–Kier alpha value is -0.530. The lowest BCUT2D eigenvalue weighted by atomic mass is 10.0. The quantitative estimate of drug-likeness (QED) is 0.606. The summed E-state index contributed by atoms with van der Waals surface area (Å²) in [6, 6.07) is 0. The first-order valence-corrected chi connectivity index (χ1v) is 5.34. The van der Waals surface area contributed by atoms with Crippen LogP contribution in [0.15, 0.2) is 0 Å². The molecule has 2 atom stereocenters. The van der Waals surface area contributed by atoms with Crippen LogP contribution in [0.4, 0.5) is 0 Å². The topological polar surface area (TPSA) is 20.3 Å². The van der Waals surface area contributed by atoms with Crippen molar-refractivity contribution in [2.45, 2.75) is 45.6 Å². The summed E-state index contributed by atoms with van der Waals surface area (Å²) < 4.78 is 0. The molecule has 2 fully saturated rings. The van der Waals surface area contributed by atoms with Crippen LogP contribution in [0, 0.1) is 11.8 Å². The highest BCUT2D eigenvalue weighted by molar-refractivity contribution is 5.82. The van der Waals surface area contributed by atoms with Gasteiger partial charge in [-0.25, -0.2) is 0 Å². The van der Waals surface area contributed by atoms with Gasteiger partial charge in [0.2, 0.25) is 5.91 Å². The van der Waals surface area contributed by atoms with Gasteiger partial charge in [0, 0.05) is 18.0 Å². The lowest BCUT2D eigenvalue weighted by Crippen LogP contribution is -2.43. The molecule has 2 rings (SSSR count). The molecule has 1 heterocycles. The molecule has 2 aliphatic rings. The summed E-state index contributed by atoms with van der Waals surface area (Å²) in [4.78, 5) is 14.1. The normalized spacial score (nSPS) is 36.4. The summed E-state index contributed by atoms with van der Waals surface area (Å²) in [7, 11) is 0. The van der Waals surface area contributed by atoms with E-state index in [-0.39, 0.29) is 5.54 Å². The van der Waals surface area contributed by atoms with Crippen molar-refractivity contribution in [3.8, 4) is 0 Å². The Bertz CT molecular complexity index is 234. The van der Waals surface area contributed by atoms with Crippen LogP contribution in [-0.2, 0) is 4.79 Å². The number of nitrogens with zero attached hydrogens (tertiary/aromatic N) is 1. The summed E-state index contributed by atoms with van der Waals surface area (Å²) in [5, 5.41) is 0. The Kier molecular flexibility index (Phi) is 1.90. The Morgan fingerprint density at radius 2 is 2.08 bits per heavy atom. The highest BCUT2D eigenvalue weighted by Gasteiger charge is 2.46. The molecule has 1 aliphatic heterocycles. The summed E-state index contributed by atoms with van der Waals surface area (Å²) in [5.41, 5.74) is 0.124. The average molecular weight is 181 g/mol. The minimum atomic E-state index is 0.124. The van der Waals surface area contributed by atoms with Crippen molar-refractivity contribution in [1.29, 1.82) is 0 Å². The summed E-state index contributed by atoms with van der Waals surface area (Å²) >= 11 is 0. The summed E-state index contributed by atoms with van der Waals surface area (Å²) in [6.07, 6.45) is 3.46. The summed E-state index contributed by atoms with van der Waals surface area (Å²) in [5.74, 6) is 1.41. The zero-order valence-corrected chi connectivity index (χ0v) is 8.84. The van der Waals surface area contributed by atoms with E-state index in [1.807, 2.05) is 0 Å². The Morgan fingerprint density at radius 1 is 1.46 bits per heavy atom. The van der Waals surface area contributed by atoms with E-state index in [0.717, 1.165) is 13.0 Å². The third-order valence-corrected chi connectivity index (χ3v) is 3.59. The predicted octanol–water partition coefficient (Wildman–Crippen LogP) is 2.04. The van der Waals surface area contributed by atoms with Gasteiger partial charge in [0.1, 0.15) is 0 Å². The maximum atomic E-state index is 12.0. The van der Waals surface area contributed by atoms with E-state index < -0.39 is 0 Å². The molecule has 0 radical (unpaired) electrons. The maximum Gasteiger partial charge on any atom is 0.226 e. The second-order valence-corrected chi connectivity index (χ2v) is 5.23. The highest BCUT2D eigenvalue weighted by Crippen LogP contribution is 2.42. The zero-order valence-electron chi connectivity index (χ0n) is 8.84. The molecule has 1 saturated carbocycles. The molecule has 0 spiro atoms. The fourth-order valence-electron chi connectivity index (χ4n) is 2.38. The molecule has 74 valence electrons. The first-order valence-electron chi connectivity index (χ1n) is 5.34. The van der Waals surface area contributed by atoms with Crippen molar-refractivity contribution < 1.29 is 4.79 Å². The molecule has 0 N–H and O–H groups in total. The predicted molar refractivity (Wildman–Crippen MR) is 52.3 cm³/mol. The standard InChI is InChI=1S/C11H19NO/c1-8-7-9(8)10(13)12-6-4-5-11(12,2)3/h8-9H,4-7H2,1-3H3/t8-,9-/m1/s1. The molecule has 0 aromatic rings. The van der Waals surface area contributed by atoms with Gasteiger partial charge in [-0.1, -0.05) is 6.92 Å². The molecule has 2 nitrogen and oxygen atoms in total. The van der Waals surface area contributed by atoms with Crippen molar-refractivity contribution in [2.24, 2.45) is 11.8 Å². The second-order valence-electron chi connectivity index (χ2n) is 5.23. The minimum Gasteiger partial charge on any atom is -0.337 e. The second kappa shape index (κ2) is 2.73. The van der Waals surface area contributed by atoms with Gasteiger partial charge in [-0.3, -0.25) is 4.79 Å². The van der Waals surface area contributed by atoms with Crippen LogP contribution in [0.3, 0.4) is 0 Å². The van der Waals surface area contributed by atoms with Crippen molar-refractivity contribution in [1.82, 2.24) is 4.90 Å². The monoisotopic (exact) mass is 181 g/mol. The summed E-state index contributed by atoms with van der Waals surface area (Å²) in [6.45, 7) is 7.52. The number of hydrogen-bond donors (Lipinski definition) is 0. The Labute approximate surface area is 80.3 Å². The Balaban J connectivity index is 2.04. The molecule has 0 unspecified atom stereocenters. The van der Waals surface area contributed by atoms with Gasteiger partial charge >= 0.3 is 0 Å². The molecule has 13 heavy (non-hydrogen) atoms. The van der Waals surface area contributed by atoms with Gasteiger partial charge in [-0.2, -0.15) is 0 Å².